The predicted octanol–water partition coefficient (Wildman–Crippen LogP) is 3.61. The van der Waals surface area contributed by atoms with Crippen molar-refractivity contribution >= 4 is 11.7 Å². The molecular formula is C23H32N2O2. The van der Waals surface area contributed by atoms with Gasteiger partial charge >= 0.3 is 0 Å². The van der Waals surface area contributed by atoms with Gasteiger partial charge in [0.1, 0.15) is 0 Å². The van der Waals surface area contributed by atoms with Crippen LogP contribution in [0.25, 0.3) is 0 Å². The third-order valence-electron chi connectivity index (χ3n) is 6.82. The number of likely N-dealkylation sites (tertiary alicyclic amines) is 1. The van der Waals surface area contributed by atoms with Crippen LogP contribution in [-0.2, 0) is 17.6 Å². The van der Waals surface area contributed by atoms with E-state index in [1.54, 1.807) is 0 Å². The molecule has 0 N–H and O–H groups in total. The summed E-state index contributed by atoms with van der Waals surface area (Å²) in [6.45, 7) is 1.90. The summed E-state index contributed by atoms with van der Waals surface area (Å²) < 4.78 is 0. The van der Waals surface area contributed by atoms with Crippen LogP contribution >= 0.6 is 0 Å². The van der Waals surface area contributed by atoms with Gasteiger partial charge in [0, 0.05) is 37.2 Å². The van der Waals surface area contributed by atoms with E-state index in [4.69, 9.17) is 0 Å². The van der Waals surface area contributed by atoms with Gasteiger partial charge in [0.2, 0.25) is 5.91 Å². The summed E-state index contributed by atoms with van der Waals surface area (Å²) in [5.41, 5.74) is 3.07. The number of benzene rings is 1. The number of rotatable bonds is 5. The summed E-state index contributed by atoms with van der Waals surface area (Å²) in [7, 11) is 2.22. The molecule has 0 bridgehead atoms. The normalized spacial score (nSPS) is 23.3. The molecule has 1 aliphatic heterocycles. The molecule has 4 nitrogen and oxygen atoms in total. The number of amides is 1. The highest BCUT2D eigenvalue weighted by molar-refractivity contribution is 5.98. The van der Waals surface area contributed by atoms with Crippen molar-refractivity contribution in [3.63, 3.8) is 0 Å². The maximum absolute atomic E-state index is 13.1. The zero-order valence-electron chi connectivity index (χ0n) is 16.6. The van der Waals surface area contributed by atoms with E-state index in [-0.39, 0.29) is 11.7 Å². The van der Waals surface area contributed by atoms with E-state index in [1.165, 1.54) is 25.7 Å². The van der Waals surface area contributed by atoms with Gasteiger partial charge < -0.3 is 9.80 Å². The Morgan fingerprint density at radius 3 is 2.74 bits per heavy atom. The van der Waals surface area contributed by atoms with Crippen molar-refractivity contribution < 1.29 is 9.59 Å². The first-order valence-corrected chi connectivity index (χ1v) is 10.8. The molecule has 27 heavy (non-hydrogen) atoms. The van der Waals surface area contributed by atoms with Crippen LogP contribution in [-0.4, -0.2) is 53.7 Å². The van der Waals surface area contributed by atoms with Gasteiger partial charge in [-0.25, -0.2) is 0 Å². The lowest BCUT2D eigenvalue weighted by Gasteiger charge is -2.42. The van der Waals surface area contributed by atoms with Crippen LogP contribution in [0.2, 0.25) is 0 Å². The van der Waals surface area contributed by atoms with Gasteiger partial charge in [0.15, 0.2) is 5.78 Å². The molecule has 1 saturated carbocycles. The molecule has 3 aliphatic rings. The van der Waals surface area contributed by atoms with Crippen molar-refractivity contribution in [2.75, 3.05) is 20.1 Å². The van der Waals surface area contributed by atoms with Crippen LogP contribution in [0.4, 0.5) is 0 Å². The Bertz CT molecular complexity index is 710. The highest BCUT2D eigenvalue weighted by Crippen LogP contribution is 2.27. The predicted molar refractivity (Wildman–Crippen MR) is 107 cm³/mol. The fourth-order valence-electron chi connectivity index (χ4n) is 4.91. The molecule has 1 heterocycles. The molecule has 1 saturated heterocycles. The van der Waals surface area contributed by atoms with Crippen molar-refractivity contribution in [2.24, 2.45) is 0 Å². The second kappa shape index (κ2) is 8.14. The largest absolute Gasteiger partial charge is 0.338 e. The molecular weight excluding hydrogens is 336 g/mol. The molecule has 1 atom stereocenters. The number of piperidine rings is 1. The van der Waals surface area contributed by atoms with Gasteiger partial charge in [-0.15, -0.1) is 0 Å². The molecule has 146 valence electrons. The minimum absolute atomic E-state index is 0.254. The van der Waals surface area contributed by atoms with Crippen molar-refractivity contribution in [1.82, 2.24) is 9.80 Å². The van der Waals surface area contributed by atoms with Gasteiger partial charge in [0.05, 0.1) is 6.42 Å². The highest BCUT2D eigenvalue weighted by atomic mass is 16.2. The maximum Gasteiger partial charge on any atom is 0.227 e. The summed E-state index contributed by atoms with van der Waals surface area (Å²) in [6, 6.07) is 7.11. The monoisotopic (exact) mass is 368 g/mol. The van der Waals surface area contributed by atoms with Gasteiger partial charge in [-0.1, -0.05) is 24.6 Å². The zero-order chi connectivity index (χ0) is 18.8. The lowest BCUT2D eigenvalue weighted by molar-refractivity contribution is -0.134. The van der Waals surface area contributed by atoms with Crippen LogP contribution in [0.15, 0.2) is 18.2 Å². The standard InChI is InChI=1S/C23H32N2O2/c1-24(19-8-5-9-19)16-20-7-2-3-13-25(20)23(27)15-17-11-12-21-18(14-17)6-4-10-22(21)26/h11-12,14,19-20H,2-10,13,15-16H2,1H3/t20-/m0/s1. The van der Waals surface area contributed by atoms with Gasteiger partial charge in [-0.2, -0.15) is 0 Å². The maximum atomic E-state index is 13.1. The van der Waals surface area contributed by atoms with Crippen molar-refractivity contribution in [1.29, 1.82) is 0 Å². The van der Waals surface area contributed by atoms with Crippen LogP contribution in [0.5, 0.6) is 0 Å². The number of nitrogens with zero attached hydrogens (tertiary/aromatic N) is 2. The molecule has 0 aromatic heterocycles. The quantitative estimate of drug-likeness (QED) is 0.797. The minimum Gasteiger partial charge on any atom is -0.338 e. The van der Waals surface area contributed by atoms with Crippen LogP contribution in [0.1, 0.15) is 72.9 Å². The SMILES string of the molecule is CN(C[C@@H]1CCCCN1C(=O)Cc1ccc2c(c1)CCCC2=O)C1CCC1. The van der Waals surface area contributed by atoms with E-state index in [1.807, 2.05) is 12.1 Å². The molecule has 1 amide bonds. The highest BCUT2D eigenvalue weighted by Gasteiger charge is 2.30. The van der Waals surface area contributed by atoms with Crippen LogP contribution in [0, 0.1) is 0 Å². The van der Waals surface area contributed by atoms with Gasteiger partial charge in [-0.05, 0) is 63.1 Å². The Labute approximate surface area is 162 Å². The number of carbonyl (C=O) groups is 2. The summed E-state index contributed by atoms with van der Waals surface area (Å²) in [4.78, 5) is 29.7. The Balaban J connectivity index is 1.42. The Morgan fingerprint density at radius 1 is 1.11 bits per heavy atom. The average Bonchev–Trinajstić information content (AvgIpc) is 2.60. The third-order valence-corrected chi connectivity index (χ3v) is 6.82. The second-order valence-electron chi connectivity index (χ2n) is 8.71. The van der Waals surface area contributed by atoms with Crippen LogP contribution < -0.4 is 0 Å². The Kier molecular flexibility index (Phi) is 5.63. The summed E-state index contributed by atoms with van der Waals surface area (Å²) in [5.74, 6) is 0.507. The van der Waals surface area contributed by atoms with Crippen molar-refractivity contribution in [3.05, 3.63) is 34.9 Å². The van der Waals surface area contributed by atoms with Gasteiger partial charge in [-0.3, -0.25) is 9.59 Å². The topological polar surface area (TPSA) is 40.6 Å². The fourth-order valence-corrected chi connectivity index (χ4v) is 4.91. The number of aryl methyl sites for hydroxylation is 1. The van der Waals surface area contributed by atoms with E-state index >= 15 is 0 Å². The molecule has 0 radical (unpaired) electrons. The molecule has 0 spiro atoms. The summed E-state index contributed by atoms with van der Waals surface area (Å²) in [6.07, 6.45) is 10.5. The number of Topliss-reactive ketones (excluding diaryl/α,β-unsaturated/α-hetero) is 1. The molecule has 4 heteroatoms. The first kappa shape index (κ1) is 18.7. The minimum atomic E-state index is 0.254. The van der Waals surface area contributed by atoms with Crippen molar-refractivity contribution in [2.45, 2.75) is 76.3 Å². The smallest absolute Gasteiger partial charge is 0.227 e. The first-order valence-electron chi connectivity index (χ1n) is 10.8. The number of fused-ring (bicyclic) bond motifs is 1. The number of likely N-dealkylation sites (N-methyl/N-ethyl adjacent to an activating group) is 1. The van der Waals surface area contributed by atoms with E-state index in [0.717, 1.165) is 61.5 Å². The van der Waals surface area contributed by atoms with Crippen molar-refractivity contribution in [3.8, 4) is 0 Å². The lowest BCUT2D eigenvalue weighted by Crippen LogP contribution is -2.51. The number of ketones is 1. The first-order chi connectivity index (χ1) is 13.1. The lowest BCUT2D eigenvalue weighted by atomic mass is 9.88. The summed E-state index contributed by atoms with van der Waals surface area (Å²) >= 11 is 0. The summed E-state index contributed by atoms with van der Waals surface area (Å²) in [5, 5.41) is 0. The van der Waals surface area contributed by atoms with E-state index in [0.29, 0.717) is 18.9 Å². The third kappa shape index (κ3) is 4.11. The fraction of sp³-hybridized carbons (Fsp3) is 0.652. The zero-order valence-corrected chi connectivity index (χ0v) is 16.6. The number of carbonyl (C=O) groups excluding carboxylic acids is 2. The van der Waals surface area contributed by atoms with Gasteiger partial charge in [0.25, 0.3) is 0 Å². The molecule has 0 unspecified atom stereocenters. The number of hydrogen-bond donors (Lipinski definition) is 0. The second-order valence-corrected chi connectivity index (χ2v) is 8.71. The van der Waals surface area contributed by atoms with Crippen LogP contribution in [0.3, 0.4) is 0 Å². The van der Waals surface area contributed by atoms with E-state index in [2.05, 4.69) is 22.9 Å². The van der Waals surface area contributed by atoms with E-state index < -0.39 is 0 Å². The average molecular weight is 369 g/mol. The molecule has 4 rings (SSSR count). The molecule has 1 aromatic rings. The Morgan fingerprint density at radius 2 is 1.96 bits per heavy atom. The molecule has 2 aliphatic carbocycles. The number of hydrogen-bond acceptors (Lipinski definition) is 3. The molecule has 2 fully saturated rings. The molecule has 1 aromatic carbocycles. The Hall–Kier alpha value is -1.68. The van der Waals surface area contributed by atoms with E-state index in [9.17, 15) is 9.59 Å².